The molecular weight excluding hydrogens is 270 g/mol. The highest BCUT2D eigenvalue weighted by atomic mass is 15.2. The van der Waals surface area contributed by atoms with Gasteiger partial charge in [-0.25, -0.2) is 4.98 Å². The Bertz CT molecular complexity index is 635. The third kappa shape index (κ3) is 2.65. The van der Waals surface area contributed by atoms with Gasteiger partial charge in [-0.2, -0.15) is 0 Å². The minimum absolute atomic E-state index is 0.639. The second kappa shape index (κ2) is 6.15. The number of rotatable bonds is 3. The Morgan fingerprint density at radius 2 is 1.77 bits per heavy atom. The monoisotopic (exact) mass is 295 g/mol. The van der Waals surface area contributed by atoms with E-state index in [9.17, 15) is 0 Å². The van der Waals surface area contributed by atoms with E-state index < -0.39 is 0 Å². The second-order valence-electron chi connectivity index (χ2n) is 6.71. The second-order valence-corrected chi connectivity index (χ2v) is 6.71. The lowest BCUT2D eigenvalue weighted by atomic mass is 10.1. The third-order valence-electron chi connectivity index (χ3n) is 5.14. The highest BCUT2D eigenvalue weighted by Gasteiger charge is 2.19. The molecule has 1 N–H and O–H groups in total. The lowest BCUT2D eigenvalue weighted by molar-refractivity contribution is 0.575. The molecule has 1 aliphatic heterocycles. The average molecular weight is 295 g/mol. The number of piperidine rings is 1. The van der Waals surface area contributed by atoms with Crippen LogP contribution in [0.1, 0.15) is 44.9 Å². The van der Waals surface area contributed by atoms with Gasteiger partial charge in [-0.3, -0.25) is 0 Å². The Labute approximate surface area is 132 Å². The number of nitrogens with zero attached hydrogens (tertiary/aromatic N) is 2. The molecule has 1 aromatic carbocycles. The Hall–Kier alpha value is -1.77. The molecule has 3 nitrogen and oxygen atoms in total. The first-order valence-electron chi connectivity index (χ1n) is 8.81. The van der Waals surface area contributed by atoms with Crippen molar-refractivity contribution in [2.24, 2.45) is 0 Å². The van der Waals surface area contributed by atoms with Gasteiger partial charge in [-0.05, 0) is 49.6 Å². The Balaban J connectivity index is 1.75. The van der Waals surface area contributed by atoms with Crippen molar-refractivity contribution in [3.63, 3.8) is 0 Å². The van der Waals surface area contributed by atoms with Gasteiger partial charge in [0.05, 0.1) is 0 Å². The van der Waals surface area contributed by atoms with Crippen molar-refractivity contribution < 1.29 is 0 Å². The van der Waals surface area contributed by atoms with Gasteiger partial charge in [0.25, 0.3) is 0 Å². The number of hydrogen-bond donors (Lipinski definition) is 1. The van der Waals surface area contributed by atoms with Crippen LogP contribution in [-0.2, 0) is 0 Å². The van der Waals surface area contributed by atoms with Crippen molar-refractivity contribution in [3.8, 4) is 0 Å². The number of aromatic nitrogens is 1. The summed E-state index contributed by atoms with van der Waals surface area (Å²) in [7, 11) is 0. The molecule has 2 heterocycles. The number of fused-ring (bicyclic) bond motifs is 1. The van der Waals surface area contributed by atoms with Crippen molar-refractivity contribution in [2.75, 3.05) is 23.3 Å². The molecule has 0 atom stereocenters. The van der Waals surface area contributed by atoms with Gasteiger partial charge in [0.15, 0.2) is 0 Å². The molecule has 0 spiro atoms. The molecule has 2 aliphatic rings. The van der Waals surface area contributed by atoms with Gasteiger partial charge in [0.1, 0.15) is 5.82 Å². The Morgan fingerprint density at radius 1 is 0.955 bits per heavy atom. The topological polar surface area (TPSA) is 28.2 Å². The summed E-state index contributed by atoms with van der Waals surface area (Å²) in [6.07, 6.45) is 11.2. The predicted octanol–water partition coefficient (Wildman–Crippen LogP) is 4.58. The third-order valence-corrected chi connectivity index (χ3v) is 5.14. The lowest BCUT2D eigenvalue weighted by Crippen LogP contribution is -2.30. The van der Waals surface area contributed by atoms with E-state index in [1.54, 1.807) is 0 Å². The summed E-state index contributed by atoms with van der Waals surface area (Å²) in [5.41, 5.74) is 1.28. The van der Waals surface area contributed by atoms with Gasteiger partial charge in [0, 0.05) is 36.4 Å². The van der Waals surface area contributed by atoms with Gasteiger partial charge in [0.2, 0.25) is 0 Å². The molecule has 3 heteroatoms. The van der Waals surface area contributed by atoms with Crippen LogP contribution in [0.25, 0.3) is 10.8 Å². The largest absolute Gasteiger partial charge is 0.382 e. The van der Waals surface area contributed by atoms with Crippen LogP contribution in [0, 0.1) is 0 Å². The summed E-state index contributed by atoms with van der Waals surface area (Å²) in [6, 6.07) is 9.39. The number of pyridine rings is 1. The summed E-state index contributed by atoms with van der Waals surface area (Å²) in [5.74, 6) is 1.18. The van der Waals surface area contributed by atoms with Crippen LogP contribution in [-0.4, -0.2) is 24.1 Å². The quantitative estimate of drug-likeness (QED) is 0.898. The van der Waals surface area contributed by atoms with Crippen LogP contribution in [0.4, 0.5) is 11.5 Å². The van der Waals surface area contributed by atoms with Crippen LogP contribution in [0.2, 0.25) is 0 Å². The van der Waals surface area contributed by atoms with Gasteiger partial charge in [-0.1, -0.05) is 25.0 Å². The van der Waals surface area contributed by atoms with Gasteiger partial charge < -0.3 is 10.2 Å². The van der Waals surface area contributed by atoms with Crippen molar-refractivity contribution in [3.05, 3.63) is 30.5 Å². The number of benzene rings is 1. The summed E-state index contributed by atoms with van der Waals surface area (Å²) in [4.78, 5) is 7.23. The highest BCUT2D eigenvalue weighted by Crippen LogP contribution is 2.34. The van der Waals surface area contributed by atoms with Crippen molar-refractivity contribution in [1.82, 2.24) is 4.98 Å². The lowest BCUT2D eigenvalue weighted by Gasteiger charge is -2.29. The maximum absolute atomic E-state index is 4.75. The maximum atomic E-state index is 4.75. The zero-order valence-corrected chi connectivity index (χ0v) is 13.2. The standard InChI is InChI=1S/C19H25N3/c1-4-13-22(14-5-1)19-18-15(11-12-20-19)7-6-10-17(18)21-16-8-2-3-9-16/h6-7,10-12,16,21H,1-5,8-9,13-14H2. The van der Waals surface area contributed by atoms with E-state index >= 15 is 0 Å². The van der Waals surface area contributed by atoms with E-state index in [2.05, 4.69) is 34.5 Å². The molecule has 2 aromatic rings. The fourth-order valence-electron chi connectivity index (χ4n) is 3.97. The molecular formula is C19H25N3. The Morgan fingerprint density at radius 3 is 2.59 bits per heavy atom. The smallest absolute Gasteiger partial charge is 0.138 e. The average Bonchev–Trinajstić information content (AvgIpc) is 3.08. The minimum atomic E-state index is 0.639. The molecule has 22 heavy (non-hydrogen) atoms. The van der Waals surface area contributed by atoms with E-state index in [-0.39, 0.29) is 0 Å². The molecule has 4 rings (SSSR count). The number of hydrogen-bond acceptors (Lipinski definition) is 3. The van der Waals surface area contributed by atoms with Crippen molar-refractivity contribution in [2.45, 2.75) is 51.0 Å². The van der Waals surface area contributed by atoms with Crippen LogP contribution >= 0.6 is 0 Å². The van der Waals surface area contributed by atoms with E-state index in [1.165, 1.54) is 67.2 Å². The summed E-state index contributed by atoms with van der Waals surface area (Å²) in [5, 5.41) is 6.42. The molecule has 0 bridgehead atoms. The van der Waals surface area contributed by atoms with Gasteiger partial charge >= 0.3 is 0 Å². The summed E-state index contributed by atoms with van der Waals surface area (Å²) < 4.78 is 0. The first-order valence-corrected chi connectivity index (χ1v) is 8.81. The molecule has 1 saturated carbocycles. The normalized spacial score (nSPS) is 19.7. The molecule has 0 unspecified atom stereocenters. The van der Waals surface area contributed by atoms with Crippen molar-refractivity contribution >= 4 is 22.3 Å². The first kappa shape index (κ1) is 13.9. The fraction of sp³-hybridized carbons (Fsp3) is 0.526. The molecule has 1 aliphatic carbocycles. The van der Waals surface area contributed by atoms with Gasteiger partial charge in [-0.15, -0.1) is 0 Å². The number of nitrogens with one attached hydrogen (secondary N) is 1. The van der Waals surface area contributed by atoms with Crippen LogP contribution in [0.15, 0.2) is 30.5 Å². The van der Waals surface area contributed by atoms with E-state index in [1.807, 2.05) is 6.20 Å². The maximum Gasteiger partial charge on any atom is 0.138 e. The summed E-state index contributed by atoms with van der Waals surface area (Å²) in [6.45, 7) is 2.29. The number of anilines is 2. The SMILES string of the molecule is c1cc(NC2CCCC2)c2c(N3CCCCC3)nccc2c1. The predicted molar refractivity (Wildman–Crippen MR) is 93.7 cm³/mol. The zero-order valence-electron chi connectivity index (χ0n) is 13.2. The van der Waals surface area contributed by atoms with E-state index in [0.29, 0.717) is 6.04 Å². The van der Waals surface area contributed by atoms with E-state index in [0.717, 1.165) is 13.1 Å². The highest BCUT2D eigenvalue weighted by molar-refractivity contribution is 6.02. The molecule has 1 saturated heterocycles. The Kier molecular flexibility index (Phi) is 3.88. The minimum Gasteiger partial charge on any atom is -0.382 e. The zero-order chi connectivity index (χ0) is 14.8. The summed E-state index contributed by atoms with van der Waals surface area (Å²) >= 11 is 0. The molecule has 1 aromatic heterocycles. The molecule has 0 radical (unpaired) electrons. The molecule has 116 valence electrons. The van der Waals surface area contributed by atoms with Crippen LogP contribution < -0.4 is 10.2 Å². The molecule has 0 amide bonds. The van der Waals surface area contributed by atoms with Crippen molar-refractivity contribution in [1.29, 1.82) is 0 Å². The molecule has 2 fully saturated rings. The fourth-order valence-corrected chi connectivity index (χ4v) is 3.97. The first-order chi connectivity index (χ1) is 10.9. The van der Waals surface area contributed by atoms with Crippen LogP contribution in [0.5, 0.6) is 0 Å². The van der Waals surface area contributed by atoms with Crippen LogP contribution in [0.3, 0.4) is 0 Å². The van der Waals surface area contributed by atoms with E-state index in [4.69, 9.17) is 4.98 Å².